The topological polar surface area (TPSA) is 49.4 Å². The van der Waals surface area contributed by atoms with Crippen molar-refractivity contribution in [3.05, 3.63) is 27.7 Å². The highest BCUT2D eigenvalue weighted by atomic mass is 79.9. The van der Waals surface area contributed by atoms with Gasteiger partial charge in [0.1, 0.15) is 0 Å². The molecule has 0 saturated carbocycles. The van der Waals surface area contributed by atoms with E-state index >= 15 is 0 Å². The summed E-state index contributed by atoms with van der Waals surface area (Å²) in [4.78, 5) is 2.49. The van der Waals surface area contributed by atoms with Crippen molar-refractivity contribution < 1.29 is 8.42 Å². The van der Waals surface area contributed by atoms with Crippen molar-refractivity contribution in [1.82, 2.24) is 9.62 Å². The van der Waals surface area contributed by atoms with Gasteiger partial charge in [-0.25, -0.2) is 13.1 Å². The summed E-state index contributed by atoms with van der Waals surface area (Å²) in [6, 6.07) is 4.59. The number of hydrogen-bond donors (Lipinski definition) is 1. The molecule has 0 radical (unpaired) electrons. The molecule has 2 rings (SSSR count). The standard InChI is InChI=1S/C12H16BrClN2O2S/c13-11-9-10(3-4-12(11)14)19(17,18)15-5-8-16-6-1-2-7-16/h3-4,9,15H,1-2,5-8H2. The summed E-state index contributed by atoms with van der Waals surface area (Å²) < 4.78 is 27.3. The molecule has 7 heteroatoms. The zero-order valence-corrected chi connectivity index (χ0v) is 13.6. The van der Waals surface area contributed by atoms with Crippen LogP contribution in [-0.4, -0.2) is 39.5 Å². The largest absolute Gasteiger partial charge is 0.302 e. The number of benzene rings is 1. The van der Waals surface area contributed by atoms with Gasteiger partial charge in [0, 0.05) is 17.6 Å². The number of nitrogens with one attached hydrogen (secondary N) is 1. The first-order chi connectivity index (χ1) is 8.99. The minimum absolute atomic E-state index is 0.227. The molecule has 0 spiro atoms. The molecule has 0 unspecified atom stereocenters. The molecule has 0 atom stereocenters. The Labute approximate surface area is 127 Å². The first-order valence-electron chi connectivity index (χ1n) is 6.16. The third kappa shape index (κ3) is 4.16. The van der Waals surface area contributed by atoms with Gasteiger partial charge in [0.15, 0.2) is 0 Å². The Bertz CT molecular complexity index is 545. The van der Waals surface area contributed by atoms with Gasteiger partial charge in [0.05, 0.1) is 9.92 Å². The molecule has 0 aromatic heterocycles. The predicted octanol–water partition coefficient (Wildman–Crippen LogP) is 2.48. The fourth-order valence-electron chi connectivity index (χ4n) is 2.07. The van der Waals surface area contributed by atoms with Crippen molar-refractivity contribution in [3.63, 3.8) is 0 Å². The molecule has 0 bridgehead atoms. The summed E-state index contributed by atoms with van der Waals surface area (Å²) in [5.41, 5.74) is 0. The first-order valence-corrected chi connectivity index (χ1v) is 8.81. The summed E-state index contributed by atoms with van der Waals surface area (Å²) >= 11 is 9.08. The Hall–Kier alpha value is -0.140. The Balaban J connectivity index is 1.95. The van der Waals surface area contributed by atoms with Gasteiger partial charge >= 0.3 is 0 Å². The number of likely N-dealkylation sites (tertiary alicyclic amines) is 1. The fourth-order valence-corrected chi connectivity index (χ4v) is 3.77. The van der Waals surface area contributed by atoms with E-state index in [-0.39, 0.29) is 4.90 Å². The molecular formula is C12H16BrClN2O2S. The van der Waals surface area contributed by atoms with E-state index < -0.39 is 10.0 Å². The number of nitrogens with zero attached hydrogens (tertiary/aromatic N) is 1. The summed E-state index contributed by atoms with van der Waals surface area (Å²) in [5.74, 6) is 0. The molecule has 0 amide bonds. The van der Waals surface area contributed by atoms with Crippen LogP contribution in [0.3, 0.4) is 0 Å². The summed E-state index contributed by atoms with van der Waals surface area (Å²) in [6.07, 6.45) is 2.41. The van der Waals surface area contributed by atoms with Crippen molar-refractivity contribution in [1.29, 1.82) is 0 Å². The Morgan fingerprint density at radius 2 is 2.00 bits per heavy atom. The Morgan fingerprint density at radius 3 is 2.63 bits per heavy atom. The minimum Gasteiger partial charge on any atom is -0.302 e. The van der Waals surface area contributed by atoms with E-state index in [1.54, 1.807) is 6.07 Å². The summed E-state index contributed by atoms with van der Waals surface area (Å²) in [5, 5.41) is 0.496. The number of rotatable bonds is 5. The normalized spacial score (nSPS) is 16.9. The zero-order chi connectivity index (χ0) is 13.9. The SMILES string of the molecule is O=S(=O)(NCCN1CCCC1)c1ccc(Cl)c(Br)c1. The molecule has 1 aromatic rings. The highest BCUT2D eigenvalue weighted by molar-refractivity contribution is 9.10. The maximum atomic E-state index is 12.1. The summed E-state index contributed by atoms with van der Waals surface area (Å²) in [6.45, 7) is 3.32. The zero-order valence-electron chi connectivity index (χ0n) is 10.4. The number of sulfonamides is 1. The molecule has 1 fully saturated rings. The third-order valence-corrected chi connectivity index (χ3v) is 5.79. The highest BCUT2D eigenvalue weighted by Crippen LogP contribution is 2.25. The van der Waals surface area contributed by atoms with Crippen molar-refractivity contribution in [2.24, 2.45) is 0 Å². The third-order valence-electron chi connectivity index (χ3n) is 3.12. The van der Waals surface area contributed by atoms with Crippen molar-refractivity contribution in [3.8, 4) is 0 Å². The van der Waals surface area contributed by atoms with Crippen LogP contribution in [0.1, 0.15) is 12.8 Å². The van der Waals surface area contributed by atoms with E-state index in [9.17, 15) is 8.42 Å². The van der Waals surface area contributed by atoms with Crippen molar-refractivity contribution in [2.45, 2.75) is 17.7 Å². The van der Waals surface area contributed by atoms with Crippen LogP contribution in [0.15, 0.2) is 27.6 Å². The van der Waals surface area contributed by atoms with Gasteiger partial charge in [-0.1, -0.05) is 11.6 Å². The number of hydrogen-bond acceptors (Lipinski definition) is 3. The lowest BCUT2D eigenvalue weighted by Gasteiger charge is -2.15. The van der Waals surface area contributed by atoms with Crippen LogP contribution in [0.2, 0.25) is 5.02 Å². The Morgan fingerprint density at radius 1 is 1.32 bits per heavy atom. The highest BCUT2D eigenvalue weighted by Gasteiger charge is 2.16. The lowest BCUT2D eigenvalue weighted by atomic mass is 10.4. The molecule has 1 N–H and O–H groups in total. The second-order valence-corrected chi connectivity index (χ2v) is 7.55. The van der Waals surface area contributed by atoms with Gasteiger partial charge in [-0.05, 0) is 60.1 Å². The summed E-state index contributed by atoms with van der Waals surface area (Å²) in [7, 11) is -3.46. The van der Waals surface area contributed by atoms with Gasteiger partial charge in [-0.15, -0.1) is 0 Å². The maximum absolute atomic E-state index is 12.1. The van der Waals surface area contributed by atoms with Crippen LogP contribution in [0.5, 0.6) is 0 Å². The van der Waals surface area contributed by atoms with Crippen LogP contribution in [-0.2, 0) is 10.0 Å². The Kier molecular flexibility index (Phi) is 5.25. The van der Waals surface area contributed by atoms with E-state index in [1.807, 2.05) is 0 Å². The van der Waals surface area contributed by atoms with Gasteiger partial charge in [0.2, 0.25) is 10.0 Å². The van der Waals surface area contributed by atoms with E-state index in [2.05, 4.69) is 25.6 Å². The molecule has 1 heterocycles. The van der Waals surface area contributed by atoms with Gasteiger partial charge in [0.25, 0.3) is 0 Å². The molecule has 1 saturated heterocycles. The smallest absolute Gasteiger partial charge is 0.240 e. The van der Waals surface area contributed by atoms with E-state index in [0.717, 1.165) is 19.6 Å². The van der Waals surface area contributed by atoms with Crippen LogP contribution in [0.4, 0.5) is 0 Å². The van der Waals surface area contributed by atoms with Crippen LogP contribution in [0, 0.1) is 0 Å². The van der Waals surface area contributed by atoms with E-state index in [0.29, 0.717) is 16.0 Å². The molecule has 4 nitrogen and oxygen atoms in total. The minimum atomic E-state index is -3.46. The van der Waals surface area contributed by atoms with Crippen LogP contribution in [0.25, 0.3) is 0 Å². The second kappa shape index (κ2) is 6.54. The lowest BCUT2D eigenvalue weighted by Crippen LogP contribution is -2.33. The molecule has 1 aliphatic rings. The molecule has 19 heavy (non-hydrogen) atoms. The first kappa shape index (κ1) is 15.3. The lowest BCUT2D eigenvalue weighted by molar-refractivity contribution is 0.344. The van der Waals surface area contributed by atoms with Crippen LogP contribution < -0.4 is 4.72 Å². The van der Waals surface area contributed by atoms with E-state index in [1.165, 1.54) is 25.0 Å². The average molecular weight is 368 g/mol. The molecule has 1 aromatic carbocycles. The fraction of sp³-hybridized carbons (Fsp3) is 0.500. The van der Waals surface area contributed by atoms with Crippen molar-refractivity contribution >= 4 is 37.6 Å². The van der Waals surface area contributed by atoms with Gasteiger partial charge in [-0.3, -0.25) is 0 Å². The van der Waals surface area contributed by atoms with Gasteiger partial charge in [-0.2, -0.15) is 0 Å². The average Bonchev–Trinajstić information content (AvgIpc) is 2.85. The predicted molar refractivity (Wildman–Crippen MR) is 80.0 cm³/mol. The van der Waals surface area contributed by atoms with Crippen LogP contribution >= 0.6 is 27.5 Å². The number of halogens is 2. The quantitative estimate of drug-likeness (QED) is 0.870. The van der Waals surface area contributed by atoms with E-state index in [4.69, 9.17) is 11.6 Å². The monoisotopic (exact) mass is 366 g/mol. The second-order valence-electron chi connectivity index (χ2n) is 4.52. The molecular weight excluding hydrogens is 352 g/mol. The van der Waals surface area contributed by atoms with Crippen molar-refractivity contribution in [2.75, 3.05) is 26.2 Å². The molecule has 106 valence electrons. The molecule has 0 aliphatic carbocycles. The van der Waals surface area contributed by atoms with Gasteiger partial charge < -0.3 is 4.90 Å². The molecule has 1 aliphatic heterocycles. The maximum Gasteiger partial charge on any atom is 0.240 e.